The minimum absolute atomic E-state index is 0.200. The molecule has 0 bridgehead atoms. The first-order chi connectivity index (χ1) is 7.66. The van der Waals surface area contributed by atoms with Crippen LogP contribution in [0.3, 0.4) is 0 Å². The zero-order valence-corrected chi connectivity index (χ0v) is 8.62. The van der Waals surface area contributed by atoms with Gasteiger partial charge in [-0.15, -0.1) is 0 Å². The summed E-state index contributed by atoms with van der Waals surface area (Å²) in [4.78, 5) is 10.1. The number of alkyl halides is 2. The quantitative estimate of drug-likeness (QED) is 0.493. The van der Waals surface area contributed by atoms with E-state index in [1.165, 1.54) is 0 Å². The SMILES string of the molecule is NS(=O)(=O)c1c(F)ncc([N+](=O)[O-])c1C(F)F. The summed E-state index contributed by atoms with van der Waals surface area (Å²) < 4.78 is 59.9. The van der Waals surface area contributed by atoms with Crippen LogP contribution in [0, 0.1) is 16.1 Å². The van der Waals surface area contributed by atoms with Crippen LogP contribution in [0.4, 0.5) is 18.9 Å². The molecule has 0 unspecified atom stereocenters. The fourth-order valence-corrected chi connectivity index (χ4v) is 1.89. The van der Waals surface area contributed by atoms with Gasteiger partial charge in [0, 0.05) is 0 Å². The number of rotatable bonds is 3. The third kappa shape index (κ3) is 2.50. The van der Waals surface area contributed by atoms with Crippen molar-refractivity contribution in [2.24, 2.45) is 5.14 Å². The number of aromatic nitrogens is 1. The molecule has 11 heteroatoms. The minimum atomic E-state index is -4.89. The molecule has 1 heterocycles. The molecule has 1 aromatic rings. The molecular formula is C6H4F3N3O4S. The zero-order chi connectivity index (χ0) is 13.4. The zero-order valence-electron chi connectivity index (χ0n) is 7.80. The Kier molecular flexibility index (Phi) is 3.33. The van der Waals surface area contributed by atoms with Crippen molar-refractivity contribution in [2.75, 3.05) is 0 Å². The molecule has 2 N–H and O–H groups in total. The van der Waals surface area contributed by atoms with E-state index in [-0.39, 0.29) is 6.20 Å². The average molecular weight is 271 g/mol. The van der Waals surface area contributed by atoms with E-state index in [1.807, 2.05) is 0 Å². The molecule has 0 aliphatic rings. The van der Waals surface area contributed by atoms with E-state index in [9.17, 15) is 31.7 Å². The number of hydrogen-bond acceptors (Lipinski definition) is 5. The summed E-state index contributed by atoms with van der Waals surface area (Å²) in [6.45, 7) is 0. The molecule has 0 aromatic carbocycles. The Morgan fingerprint density at radius 2 is 2.00 bits per heavy atom. The Balaban J connectivity index is 3.80. The molecule has 0 atom stereocenters. The summed E-state index contributed by atoms with van der Waals surface area (Å²) in [6.07, 6.45) is -3.38. The first-order valence-electron chi connectivity index (χ1n) is 3.80. The Hall–Kier alpha value is -1.75. The number of nitro groups is 1. The van der Waals surface area contributed by atoms with Crippen LogP contribution in [0.15, 0.2) is 11.1 Å². The van der Waals surface area contributed by atoms with Gasteiger partial charge >= 0.3 is 0 Å². The van der Waals surface area contributed by atoms with Crippen LogP contribution in [0.5, 0.6) is 0 Å². The number of pyridine rings is 1. The van der Waals surface area contributed by atoms with Crippen LogP contribution >= 0.6 is 0 Å². The maximum atomic E-state index is 13.0. The van der Waals surface area contributed by atoms with Crippen LogP contribution in [0.2, 0.25) is 0 Å². The van der Waals surface area contributed by atoms with Crippen LogP contribution < -0.4 is 5.14 Å². The number of nitrogens with zero attached hydrogens (tertiary/aromatic N) is 2. The lowest BCUT2D eigenvalue weighted by atomic mass is 10.2. The highest BCUT2D eigenvalue weighted by Crippen LogP contribution is 2.34. The molecule has 94 valence electrons. The van der Waals surface area contributed by atoms with E-state index in [1.54, 1.807) is 0 Å². The van der Waals surface area contributed by atoms with Gasteiger partial charge < -0.3 is 0 Å². The van der Waals surface area contributed by atoms with Gasteiger partial charge in [-0.1, -0.05) is 0 Å². The number of nitrogens with two attached hydrogens (primary N) is 1. The topological polar surface area (TPSA) is 116 Å². The lowest BCUT2D eigenvalue weighted by Gasteiger charge is -2.07. The summed E-state index contributed by atoms with van der Waals surface area (Å²) in [7, 11) is -4.89. The Morgan fingerprint density at radius 3 is 2.35 bits per heavy atom. The van der Waals surface area contributed by atoms with Crippen LogP contribution in [-0.2, 0) is 10.0 Å². The molecule has 0 aliphatic heterocycles. The Bertz CT molecular complexity index is 574. The van der Waals surface area contributed by atoms with Crippen molar-refractivity contribution in [3.05, 3.63) is 27.8 Å². The molecule has 7 nitrogen and oxygen atoms in total. The Labute approximate surface area is 92.3 Å². The average Bonchev–Trinajstić information content (AvgIpc) is 2.14. The van der Waals surface area contributed by atoms with Crippen molar-refractivity contribution in [2.45, 2.75) is 11.3 Å². The van der Waals surface area contributed by atoms with E-state index in [4.69, 9.17) is 0 Å². The molecule has 17 heavy (non-hydrogen) atoms. The molecule has 0 aliphatic carbocycles. The van der Waals surface area contributed by atoms with Crippen molar-refractivity contribution >= 4 is 15.7 Å². The second kappa shape index (κ2) is 4.25. The van der Waals surface area contributed by atoms with Gasteiger partial charge in [0.25, 0.3) is 12.1 Å². The van der Waals surface area contributed by atoms with Crippen molar-refractivity contribution in [3.63, 3.8) is 0 Å². The van der Waals surface area contributed by atoms with Gasteiger partial charge in [-0.3, -0.25) is 10.1 Å². The lowest BCUT2D eigenvalue weighted by molar-refractivity contribution is -0.386. The maximum absolute atomic E-state index is 13.0. The summed E-state index contributed by atoms with van der Waals surface area (Å²) >= 11 is 0. The number of hydrogen-bond donors (Lipinski definition) is 1. The highest BCUT2D eigenvalue weighted by atomic mass is 32.2. The summed E-state index contributed by atoms with van der Waals surface area (Å²) in [5.41, 5.74) is -2.92. The van der Waals surface area contributed by atoms with Gasteiger partial charge in [0.2, 0.25) is 16.0 Å². The summed E-state index contributed by atoms with van der Waals surface area (Å²) in [5, 5.41) is 14.9. The summed E-state index contributed by atoms with van der Waals surface area (Å²) in [6, 6.07) is 0. The van der Waals surface area contributed by atoms with E-state index in [0.29, 0.717) is 0 Å². The Morgan fingerprint density at radius 1 is 1.47 bits per heavy atom. The third-order valence-corrected chi connectivity index (χ3v) is 2.66. The van der Waals surface area contributed by atoms with Crippen LogP contribution in [0.25, 0.3) is 0 Å². The fourth-order valence-electron chi connectivity index (χ4n) is 1.10. The second-order valence-corrected chi connectivity index (χ2v) is 4.28. The maximum Gasteiger partial charge on any atom is 0.298 e. The van der Waals surface area contributed by atoms with E-state index in [0.717, 1.165) is 0 Å². The first-order valence-corrected chi connectivity index (χ1v) is 5.34. The van der Waals surface area contributed by atoms with E-state index >= 15 is 0 Å². The molecule has 0 radical (unpaired) electrons. The fraction of sp³-hybridized carbons (Fsp3) is 0.167. The predicted octanol–water partition coefficient (Wildman–Crippen LogP) is 0.714. The van der Waals surface area contributed by atoms with Gasteiger partial charge in [-0.2, -0.15) is 4.39 Å². The molecule has 0 saturated heterocycles. The van der Waals surface area contributed by atoms with Gasteiger partial charge in [-0.25, -0.2) is 27.3 Å². The molecule has 0 fully saturated rings. The lowest BCUT2D eigenvalue weighted by Crippen LogP contribution is -2.19. The smallest absolute Gasteiger partial charge is 0.258 e. The standard InChI is InChI=1S/C6H4F3N3O4S/c7-5(8)3-2(12(13)14)1-11-6(9)4(3)17(10,15)16/h1,5H,(H2,10,15,16). The molecule has 1 aromatic heterocycles. The largest absolute Gasteiger partial charge is 0.298 e. The van der Waals surface area contributed by atoms with E-state index in [2.05, 4.69) is 10.1 Å². The van der Waals surface area contributed by atoms with Gasteiger partial charge in [0.05, 0.1) is 4.92 Å². The highest BCUT2D eigenvalue weighted by molar-refractivity contribution is 7.89. The van der Waals surface area contributed by atoms with Crippen molar-refractivity contribution < 1.29 is 26.5 Å². The first kappa shape index (κ1) is 13.3. The predicted molar refractivity (Wildman–Crippen MR) is 47.2 cm³/mol. The van der Waals surface area contributed by atoms with Crippen LogP contribution in [0.1, 0.15) is 12.0 Å². The number of sulfonamides is 1. The van der Waals surface area contributed by atoms with Crippen molar-refractivity contribution in [1.29, 1.82) is 0 Å². The number of halogens is 3. The number of primary sulfonamides is 1. The highest BCUT2D eigenvalue weighted by Gasteiger charge is 2.34. The third-order valence-electron chi connectivity index (χ3n) is 1.71. The molecule has 1 rings (SSSR count). The second-order valence-electron chi connectivity index (χ2n) is 2.78. The molecule has 0 amide bonds. The van der Waals surface area contributed by atoms with Gasteiger partial charge in [-0.05, 0) is 0 Å². The molecule has 0 spiro atoms. The van der Waals surface area contributed by atoms with Gasteiger partial charge in [0.1, 0.15) is 11.8 Å². The van der Waals surface area contributed by atoms with Crippen molar-refractivity contribution in [1.82, 2.24) is 4.98 Å². The summed E-state index contributed by atoms with van der Waals surface area (Å²) in [5.74, 6) is -1.81. The van der Waals surface area contributed by atoms with Crippen LogP contribution in [-0.4, -0.2) is 18.3 Å². The normalized spacial score (nSPS) is 11.8. The van der Waals surface area contributed by atoms with Gasteiger partial charge in [0.15, 0.2) is 4.90 Å². The molecular weight excluding hydrogens is 267 g/mol. The minimum Gasteiger partial charge on any atom is -0.258 e. The molecule has 0 saturated carbocycles. The van der Waals surface area contributed by atoms with E-state index < -0.39 is 43.5 Å². The monoisotopic (exact) mass is 271 g/mol. The van der Waals surface area contributed by atoms with Crippen molar-refractivity contribution in [3.8, 4) is 0 Å².